The summed E-state index contributed by atoms with van der Waals surface area (Å²) in [5.41, 5.74) is -0.322. The highest BCUT2D eigenvalue weighted by Gasteiger charge is 2.27. The van der Waals surface area contributed by atoms with Gasteiger partial charge in [0.25, 0.3) is 5.91 Å². The van der Waals surface area contributed by atoms with Crippen LogP contribution in [0.1, 0.15) is 23.2 Å². The molecule has 154 valence electrons. The van der Waals surface area contributed by atoms with Crippen LogP contribution in [0.25, 0.3) is 0 Å². The number of rotatable bonds is 6. The summed E-state index contributed by atoms with van der Waals surface area (Å²) < 4.78 is 57.7. The smallest absolute Gasteiger partial charge is 0.338 e. The molecule has 0 atom stereocenters. The van der Waals surface area contributed by atoms with Gasteiger partial charge >= 0.3 is 5.97 Å². The van der Waals surface area contributed by atoms with Crippen LogP contribution in [0.4, 0.5) is 14.5 Å². The van der Waals surface area contributed by atoms with Crippen molar-refractivity contribution < 1.29 is 31.5 Å². The number of hydrogen-bond acceptors (Lipinski definition) is 5. The van der Waals surface area contributed by atoms with E-state index in [2.05, 4.69) is 5.32 Å². The number of nitrogens with zero attached hydrogens (tertiary/aromatic N) is 1. The third-order valence-corrected chi connectivity index (χ3v) is 6.24. The molecule has 3 rings (SSSR count). The number of hydrogen-bond donors (Lipinski definition) is 1. The largest absolute Gasteiger partial charge is 0.452 e. The number of sulfonamides is 1. The van der Waals surface area contributed by atoms with Crippen molar-refractivity contribution in [3.8, 4) is 0 Å². The van der Waals surface area contributed by atoms with Gasteiger partial charge in [-0.25, -0.2) is 22.0 Å². The Morgan fingerprint density at radius 1 is 1.03 bits per heavy atom. The Balaban J connectivity index is 1.58. The van der Waals surface area contributed by atoms with Crippen molar-refractivity contribution in [2.24, 2.45) is 0 Å². The number of nitrogens with one attached hydrogen (secondary N) is 1. The van der Waals surface area contributed by atoms with Crippen molar-refractivity contribution >= 4 is 27.6 Å². The summed E-state index contributed by atoms with van der Waals surface area (Å²) in [5.74, 6) is -3.27. The molecule has 1 aliphatic heterocycles. The van der Waals surface area contributed by atoms with E-state index < -0.39 is 40.1 Å². The molecule has 1 aliphatic rings. The fraction of sp³-hybridized carbons (Fsp3) is 0.263. The van der Waals surface area contributed by atoms with Gasteiger partial charge in [-0.1, -0.05) is 0 Å². The molecule has 7 nitrogen and oxygen atoms in total. The van der Waals surface area contributed by atoms with Crippen LogP contribution in [0.15, 0.2) is 47.4 Å². The highest BCUT2D eigenvalue weighted by Crippen LogP contribution is 2.21. The number of halogens is 2. The number of anilines is 1. The SMILES string of the molecule is O=C(COC(=O)c1ccc(S(=O)(=O)N2CCCC2)cc1)Nc1cc(F)ccc1F. The van der Waals surface area contributed by atoms with Crippen molar-refractivity contribution in [2.45, 2.75) is 17.7 Å². The maximum absolute atomic E-state index is 13.5. The van der Waals surface area contributed by atoms with Gasteiger partial charge in [-0.15, -0.1) is 0 Å². The van der Waals surface area contributed by atoms with Crippen molar-refractivity contribution in [1.29, 1.82) is 0 Å². The van der Waals surface area contributed by atoms with Gasteiger partial charge in [0.2, 0.25) is 10.0 Å². The molecule has 10 heteroatoms. The van der Waals surface area contributed by atoms with E-state index in [0.717, 1.165) is 31.0 Å². The van der Waals surface area contributed by atoms with E-state index in [1.54, 1.807) is 0 Å². The summed E-state index contributed by atoms with van der Waals surface area (Å²) >= 11 is 0. The molecule has 2 aromatic carbocycles. The minimum atomic E-state index is -3.60. The topological polar surface area (TPSA) is 92.8 Å². The average Bonchev–Trinajstić information content (AvgIpc) is 3.25. The molecule has 0 aliphatic carbocycles. The lowest BCUT2D eigenvalue weighted by atomic mass is 10.2. The summed E-state index contributed by atoms with van der Waals surface area (Å²) in [5, 5.41) is 2.10. The van der Waals surface area contributed by atoms with Gasteiger partial charge in [0.15, 0.2) is 6.61 Å². The normalized spacial score (nSPS) is 14.6. The summed E-state index contributed by atoms with van der Waals surface area (Å²) in [6.07, 6.45) is 1.62. The highest BCUT2D eigenvalue weighted by atomic mass is 32.2. The van der Waals surface area contributed by atoms with Gasteiger partial charge in [-0.2, -0.15) is 4.31 Å². The van der Waals surface area contributed by atoms with Crippen LogP contribution in [0.3, 0.4) is 0 Å². The van der Waals surface area contributed by atoms with Crippen molar-refractivity contribution in [3.63, 3.8) is 0 Å². The monoisotopic (exact) mass is 424 g/mol. The quantitative estimate of drug-likeness (QED) is 0.720. The second kappa shape index (κ2) is 8.66. The van der Waals surface area contributed by atoms with Gasteiger partial charge in [-0.05, 0) is 49.2 Å². The van der Waals surface area contributed by atoms with Gasteiger partial charge in [0.05, 0.1) is 16.1 Å². The highest BCUT2D eigenvalue weighted by molar-refractivity contribution is 7.89. The van der Waals surface area contributed by atoms with Crippen LogP contribution in [-0.2, 0) is 19.6 Å². The van der Waals surface area contributed by atoms with Gasteiger partial charge in [0, 0.05) is 19.2 Å². The second-order valence-electron chi connectivity index (χ2n) is 6.38. The predicted octanol–water partition coefficient (Wildman–Crippen LogP) is 2.54. The fourth-order valence-corrected chi connectivity index (χ4v) is 4.35. The molecule has 1 N–H and O–H groups in total. The van der Waals surface area contributed by atoms with E-state index in [1.807, 2.05) is 0 Å². The summed E-state index contributed by atoms with van der Waals surface area (Å²) in [7, 11) is -3.60. The molecule has 29 heavy (non-hydrogen) atoms. The maximum Gasteiger partial charge on any atom is 0.338 e. The molecule has 0 bridgehead atoms. The van der Waals surface area contributed by atoms with Gasteiger partial charge in [-0.3, -0.25) is 4.79 Å². The molecule has 1 heterocycles. The maximum atomic E-state index is 13.5. The molecule has 1 fully saturated rings. The Morgan fingerprint density at radius 3 is 2.34 bits per heavy atom. The minimum Gasteiger partial charge on any atom is -0.452 e. The first-order valence-electron chi connectivity index (χ1n) is 8.79. The first-order valence-corrected chi connectivity index (χ1v) is 10.2. The van der Waals surface area contributed by atoms with Crippen LogP contribution >= 0.6 is 0 Å². The zero-order valence-electron chi connectivity index (χ0n) is 15.2. The molecular weight excluding hydrogens is 406 g/mol. The van der Waals surface area contributed by atoms with Crippen LogP contribution in [-0.4, -0.2) is 44.3 Å². The van der Waals surface area contributed by atoms with E-state index in [1.165, 1.54) is 28.6 Å². The Bertz CT molecular complexity index is 1020. The molecule has 0 radical (unpaired) electrons. The molecule has 0 spiro atoms. The Kier molecular flexibility index (Phi) is 6.23. The van der Waals surface area contributed by atoms with Crippen LogP contribution in [0.5, 0.6) is 0 Å². The van der Waals surface area contributed by atoms with E-state index in [9.17, 15) is 26.8 Å². The van der Waals surface area contributed by atoms with E-state index >= 15 is 0 Å². The molecule has 0 unspecified atom stereocenters. The second-order valence-corrected chi connectivity index (χ2v) is 8.32. The van der Waals surface area contributed by atoms with Gasteiger partial charge < -0.3 is 10.1 Å². The van der Waals surface area contributed by atoms with E-state index in [-0.39, 0.29) is 16.1 Å². The first kappa shape index (κ1) is 20.9. The van der Waals surface area contributed by atoms with E-state index in [4.69, 9.17) is 4.74 Å². The third kappa shape index (κ3) is 4.96. The van der Waals surface area contributed by atoms with Gasteiger partial charge in [0.1, 0.15) is 11.6 Å². The third-order valence-electron chi connectivity index (χ3n) is 4.33. The molecular formula is C19H18F2N2O5S. The Labute approximate surface area is 166 Å². The van der Waals surface area contributed by atoms with Crippen LogP contribution in [0, 0.1) is 11.6 Å². The van der Waals surface area contributed by atoms with Crippen molar-refractivity contribution in [3.05, 3.63) is 59.7 Å². The summed E-state index contributed by atoms with van der Waals surface area (Å²) in [4.78, 5) is 23.9. The fourth-order valence-electron chi connectivity index (χ4n) is 2.83. The zero-order valence-corrected chi connectivity index (χ0v) is 16.0. The van der Waals surface area contributed by atoms with Crippen molar-refractivity contribution in [1.82, 2.24) is 4.31 Å². The predicted molar refractivity (Wildman–Crippen MR) is 99.7 cm³/mol. The molecule has 0 saturated carbocycles. The number of carbonyl (C=O) groups excluding carboxylic acids is 2. The standard InChI is InChI=1S/C19H18F2N2O5S/c20-14-5-8-16(21)17(11-14)22-18(24)12-28-19(25)13-3-6-15(7-4-13)29(26,27)23-9-1-2-10-23/h3-8,11H,1-2,9-10,12H2,(H,22,24). The number of ether oxygens (including phenoxy) is 1. The molecule has 0 aromatic heterocycles. The summed E-state index contributed by atoms with van der Waals surface area (Å²) in [6, 6.07) is 7.73. The number of carbonyl (C=O) groups is 2. The van der Waals surface area contributed by atoms with Crippen molar-refractivity contribution in [2.75, 3.05) is 25.0 Å². The lowest BCUT2D eigenvalue weighted by Gasteiger charge is -2.15. The lowest BCUT2D eigenvalue weighted by molar-refractivity contribution is -0.119. The lowest BCUT2D eigenvalue weighted by Crippen LogP contribution is -2.27. The number of benzene rings is 2. The van der Waals surface area contributed by atoms with E-state index in [0.29, 0.717) is 13.1 Å². The Morgan fingerprint density at radius 2 is 1.69 bits per heavy atom. The zero-order chi connectivity index (χ0) is 21.0. The van der Waals surface area contributed by atoms with Crippen LogP contribution in [0.2, 0.25) is 0 Å². The Hall–Kier alpha value is -2.85. The molecule has 2 aromatic rings. The number of esters is 1. The molecule has 1 amide bonds. The molecule has 1 saturated heterocycles. The number of amides is 1. The average molecular weight is 424 g/mol. The summed E-state index contributed by atoms with van der Waals surface area (Å²) in [6.45, 7) is 0.211. The first-order chi connectivity index (χ1) is 13.8. The minimum absolute atomic E-state index is 0.0510. The van der Waals surface area contributed by atoms with Crippen LogP contribution < -0.4 is 5.32 Å².